The molecular weight excluding hydrogens is 465 g/mol. The van der Waals surface area contributed by atoms with Crippen LogP contribution in [-0.2, 0) is 26.8 Å². The van der Waals surface area contributed by atoms with Crippen LogP contribution in [0, 0.1) is 0 Å². The van der Waals surface area contributed by atoms with E-state index in [4.69, 9.17) is 14.6 Å². The quantitative estimate of drug-likeness (QED) is 0.696. The summed E-state index contributed by atoms with van der Waals surface area (Å²) in [4.78, 5) is 20.0. The second-order valence-electron chi connectivity index (χ2n) is 7.86. The van der Waals surface area contributed by atoms with Crippen molar-refractivity contribution in [2.45, 2.75) is 24.6 Å². The number of ether oxygens (including phenoxy) is 1. The summed E-state index contributed by atoms with van der Waals surface area (Å²) in [7, 11) is -1.70. The molecule has 1 saturated heterocycles. The number of aromatic nitrogens is 2. The number of pyridine rings is 2. The van der Waals surface area contributed by atoms with Crippen molar-refractivity contribution in [3.63, 3.8) is 0 Å². The van der Waals surface area contributed by atoms with Crippen LogP contribution in [0.3, 0.4) is 0 Å². The summed E-state index contributed by atoms with van der Waals surface area (Å²) in [6, 6.07) is 7.57. The second-order valence-corrected chi connectivity index (χ2v) is 9.76. The highest BCUT2D eigenvalue weighted by molar-refractivity contribution is 7.92. The Bertz CT molecular complexity index is 1130. The fraction of sp³-hybridized carbons (Fsp3) is 0.450. The maximum absolute atomic E-state index is 12.3. The van der Waals surface area contributed by atoms with Gasteiger partial charge in [-0.2, -0.15) is 13.2 Å². The zero-order valence-electron chi connectivity index (χ0n) is 17.9. The largest absolute Gasteiger partial charge is 0.490 e. The van der Waals surface area contributed by atoms with Gasteiger partial charge in [-0.05, 0) is 31.2 Å². The van der Waals surface area contributed by atoms with Crippen LogP contribution in [0.4, 0.5) is 18.9 Å². The predicted molar refractivity (Wildman–Crippen MR) is 112 cm³/mol. The van der Waals surface area contributed by atoms with Crippen molar-refractivity contribution in [1.82, 2.24) is 14.9 Å². The van der Waals surface area contributed by atoms with Gasteiger partial charge < -0.3 is 9.84 Å². The number of carboxylic acids is 1. The minimum absolute atomic E-state index is 0.255. The first-order valence-corrected chi connectivity index (χ1v) is 11.7. The molecule has 2 aliphatic heterocycles. The number of aliphatic carboxylic acids is 1. The normalized spacial score (nSPS) is 20.3. The predicted octanol–water partition coefficient (Wildman–Crippen LogP) is 2.04. The van der Waals surface area contributed by atoms with Crippen LogP contribution >= 0.6 is 0 Å². The molecule has 1 atom stereocenters. The third-order valence-corrected chi connectivity index (χ3v) is 6.64. The van der Waals surface area contributed by atoms with Gasteiger partial charge in [-0.25, -0.2) is 18.2 Å². The lowest BCUT2D eigenvalue weighted by molar-refractivity contribution is -0.192. The van der Waals surface area contributed by atoms with E-state index in [0.29, 0.717) is 12.4 Å². The van der Waals surface area contributed by atoms with Crippen molar-refractivity contribution in [1.29, 1.82) is 0 Å². The van der Waals surface area contributed by atoms with Crippen LogP contribution in [0.1, 0.15) is 17.7 Å². The first kappa shape index (κ1) is 24.7. The number of carbonyl (C=O) groups is 1. The smallest absolute Gasteiger partial charge is 0.481 e. The molecule has 0 saturated carbocycles. The van der Waals surface area contributed by atoms with Crippen LogP contribution < -0.4 is 9.04 Å². The molecule has 0 radical (unpaired) electrons. The van der Waals surface area contributed by atoms with Crippen molar-refractivity contribution in [2.75, 3.05) is 37.3 Å². The molecule has 2 aromatic rings. The van der Waals surface area contributed by atoms with Gasteiger partial charge in [0.25, 0.3) is 0 Å². The molecule has 1 N–H and O–H groups in total. The van der Waals surface area contributed by atoms with Crippen molar-refractivity contribution >= 4 is 21.7 Å². The number of halogens is 3. The molecule has 2 aromatic heterocycles. The highest BCUT2D eigenvalue weighted by Crippen LogP contribution is 2.46. The Morgan fingerprint density at radius 2 is 1.85 bits per heavy atom. The average Bonchev–Trinajstić information content (AvgIpc) is 3.30. The van der Waals surface area contributed by atoms with Crippen LogP contribution in [-0.4, -0.2) is 73.5 Å². The molecule has 0 amide bonds. The lowest BCUT2D eigenvalue weighted by Crippen LogP contribution is -2.38. The van der Waals surface area contributed by atoms with Crippen LogP contribution in [0.2, 0.25) is 0 Å². The van der Waals surface area contributed by atoms with E-state index in [9.17, 15) is 21.6 Å². The fourth-order valence-electron chi connectivity index (χ4n) is 4.12. The van der Waals surface area contributed by atoms with Gasteiger partial charge in [-0.15, -0.1) is 0 Å². The summed E-state index contributed by atoms with van der Waals surface area (Å²) in [5.74, 6) is -2.12. The summed E-state index contributed by atoms with van der Waals surface area (Å²) in [5, 5.41) is 7.12. The Hall–Kier alpha value is -2.93. The van der Waals surface area contributed by atoms with Gasteiger partial charge in [0.05, 0.1) is 24.7 Å². The number of alkyl halides is 3. The zero-order chi connectivity index (χ0) is 24.4. The number of fused-ring (bicyclic) bond motifs is 2. The summed E-state index contributed by atoms with van der Waals surface area (Å²) in [5.41, 5.74) is 2.39. The van der Waals surface area contributed by atoms with Gasteiger partial charge in [0, 0.05) is 43.0 Å². The molecule has 2 aliphatic rings. The van der Waals surface area contributed by atoms with Crippen molar-refractivity contribution in [2.24, 2.45) is 0 Å². The van der Waals surface area contributed by atoms with E-state index in [1.54, 1.807) is 25.6 Å². The zero-order valence-corrected chi connectivity index (χ0v) is 18.7. The Kier molecular flexibility index (Phi) is 6.84. The van der Waals surface area contributed by atoms with Gasteiger partial charge in [0.15, 0.2) is 0 Å². The van der Waals surface area contributed by atoms with Gasteiger partial charge >= 0.3 is 12.1 Å². The van der Waals surface area contributed by atoms with E-state index in [2.05, 4.69) is 14.9 Å². The lowest BCUT2D eigenvalue weighted by Gasteiger charge is -2.25. The van der Waals surface area contributed by atoms with Gasteiger partial charge in [0.2, 0.25) is 15.9 Å². The minimum atomic E-state index is -5.08. The molecular formula is C20H23F3N4O5S. The van der Waals surface area contributed by atoms with E-state index in [1.165, 1.54) is 10.6 Å². The molecule has 0 aromatic carbocycles. The maximum atomic E-state index is 12.3. The molecule has 33 heavy (non-hydrogen) atoms. The highest BCUT2D eigenvalue weighted by atomic mass is 32.2. The molecule has 13 heteroatoms. The third kappa shape index (κ3) is 5.36. The summed E-state index contributed by atoms with van der Waals surface area (Å²) in [6.45, 7) is 2.82. The Labute approximate surface area is 188 Å². The van der Waals surface area contributed by atoms with E-state index >= 15 is 0 Å². The summed E-state index contributed by atoms with van der Waals surface area (Å²) < 4.78 is 63.1. The van der Waals surface area contributed by atoms with Crippen LogP contribution in [0.5, 0.6) is 5.88 Å². The third-order valence-electron chi connectivity index (χ3n) is 5.52. The topological polar surface area (TPSA) is 113 Å². The highest BCUT2D eigenvalue weighted by Gasteiger charge is 2.50. The number of anilines is 1. The van der Waals surface area contributed by atoms with Crippen molar-refractivity contribution < 1.29 is 36.2 Å². The molecule has 1 spiro atoms. The SMILES string of the molecule is COc1ncccc1CN1CCC2(C1)CN(S(C)(=O)=O)c1cccnc12.O=C(O)C(F)(F)F. The Morgan fingerprint density at radius 3 is 2.45 bits per heavy atom. The number of carboxylic acid groups (broad SMARTS) is 1. The Morgan fingerprint density at radius 1 is 1.21 bits per heavy atom. The number of rotatable bonds is 4. The van der Waals surface area contributed by atoms with E-state index < -0.39 is 22.2 Å². The van der Waals surface area contributed by atoms with Gasteiger partial charge in [0.1, 0.15) is 0 Å². The van der Waals surface area contributed by atoms with Gasteiger partial charge in [-0.3, -0.25) is 14.2 Å². The molecule has 180 valence electrons. The van der Waals surface area contributed by atoms with Crippen molar-refractivity contribution in [3.8, 4) is 5.88 Å². The molecule has 1 unspecified atom stereocenters. The Balaban J connectivity index is 0.000000383. The van der Waals surface area contributed by atoms with Crippen molar-refractivity contribution in [3.05, 3.63) is 47.9 Å². The first-order chi connectivity index (χ1) is 15.4. The number of sulfonamides is 1. The van der Waals surface area contributed by atoms with E-state index in [-0.39, 0.29) is 5.41 Å². The monoisotopic (exact) mass is 488 g/mol. The minimum Gasteiger partial charge on any atom is -0.481 e. The average molecular weight is 488 g/mol. The fourth-order valence-corrected chi connectivity index (χ4v) is 5.11. The molecule has 4 heterocycles. The van der Waals surface area contributed by atoms with Crippen LogP contribution in [0.25, 0.3) is 0 Å². The number of likely N-dealkylation sites (tertiary alicyclic amines) is 1. The molecule has 1 fully saturated rings. The number of methoxy groups -OCH3 is 1. The summed E-state index contributed by atoms with van der Waals surface area (Å²) in [6.07, 6.45) is 0.524. The number of nitrogens with zero attached hydrogens (tertiary/aromatic N) is 4. The molecule has 0 bridgehead atoms. The first-order valence-electron chi connectivity index (χ1n) is 9.81. The standard InChI is InChI=1S/C18H22N4O3S.C2HF3O2/c1-25-17-14(5-3-9-20-17)11-21-10-7-18(12-21)13-22(26(2,23)24)15-6-4-8-19-16(15)18;3-2(4,5)1(6)7/h3-6,8-9H,7,10-13H2,1-2H3;(H,6,7). The molecule has 9 nitrogen and oxygen atoms in total. The molecule has 4 rings (SSSR count). The van der Waals surface area contributed by atoms with Crippen LogP contribution in [0.15, 0.2) is 36.7 Å². The number of hydrogen-bond donors (Lipinski definition) is 1. The van der Waals surface area contributed by atoms with E-state index in [1.807, 2.05) is 18.2 Å². The summed E-state index contributed by atoms with van der Waals surface area (Å²) >= 11 is 0. The lowest BCUT2D eigenvalue weighted by atomic mass is 9.85. The molecule has 0 aliphatic carbocycles. The maximum Gasteiger partial charge on any atom is 0.490 e. The number of hydrogen-bond acceptors (Lipinski definition) is 7. The second kappa shape index (κ2) is 9.14. The van der Waals surface area contributed by atoms with Gasteiger partial charge in [-0.1, -0.05) is 6.07 Å². The van der Waals surface area contributed by atoms with E-state index in [0.717, 1.165) is 43.0 Å².